The second kappa shape index (κ2) is 20.6. The normalized spacial score (nSPS) is 10.7. The third-order valence-electron chi connectivity index (χ3n) is 6.66. The maximum atomic E-state index is 13.4. The molecule has 242 valence electrons. The van der Waals surface area contributed by atoms with Crippen molar-refractivity contribution in [2.24, 2.45) is 0 Å². The number of benzene rings is 2. The Kier molecular flexibility index (Phi) is 16.1. The molecule has 3 aromatic rings. The standard InChI is InChI=1S/C34H44N4O7/c1-3-13-38(14-4-2)30-8-9-32(31(24-30)33-22-27(25-39)10-11-36-33)37-34(41)28-6-5-7-29(23-28)35-12-15-42-16-17-43-18-19-44-20-21-45-26-40/h5-11,22-26,35H,3-4,12-21H2,1-2H3,(H,37,41). The van der Waals surface area contributed by atoms with E-state index in [0.717, 1.165) is 49.2 Å². The highest BCUT2D eigenvalue weighted by atomic mass is 16.6. The van der Waals surface area contributed by atoms with Crippen LogP contribution in [0.1, 0.15) is 47.4 Å². The average molecular weight is 621 g/mol. The predicted octanol–water partition coefficient (Wildman–Crippen LogP) is 5.07. The van der Waals surface area contributed by atoms with Crippen molar-refractivity contribution in [2.45, 2.75) is 26.7 Å². The SMILES string of the molecule is CCCN(CCC)c1ccc(NC(=O)c2cccc(NCCOCCOCCOCCOC=O)c2)c(-c2cc(C=O)ccn2)c1. The summed E-state index contributed by atoms with van der Waals surface area (Å²) in [7, 11) is 0. The van der Waals surface area contributed by atoms with Crippen LogP contribution in [0.5, 0.6) is 0 Å². The van der Waals surface area contributed by atoms with E-state index in [1.54, 1.807) is 30.5 Å². The molecule has 0 saturated carbocycles. The van der Waals surface area contributed by atoms with Crippen molar-refractivity contribution in [2.75, 3.05) is 81.4 Å². The molecule has 1 amide bonds. The van der Waals surface area contributed by atoms with Crippen molar-refractivity contribution in [3.05, 3.63) is 71.9 Å². The van der Waals surface area contributed by atoms with Gasteiger partial charge in [0.1, 0.15) is 12.9 Å². The number of amides is 1. The minimum absolute atomic E-state index is 0.231. The van der Waals surface area contributed by atoms with Crippen LogP contribution < -0.4 is 15.5 Å². The van der Waals surface area contributed by atoms with Gasteiger partial charge in [0.05, 0.1) is 51.0 Å². The van der Waals surface area contributed by atoms with Crippen molar-refractivity contribution in [1.29, 1.82) is 0 Å². The fourth-order valence-corrected chi connectivity index (χ4v) is 4.56. The van der Waals surface area contributed by atoms with Gasteiger partial charge >= 0.3 is 0 Å². The number of ether oxygens (including phenoxy) is 4. The number of carbonyl (C=O) groups is 3. The Bertz CT molecular complexity index is 1330. The van der Waals surface area contributed by atoms with Gasteiger partial charge in [-0.15, -0.1) is 0 Å². The molecule has 0 aliphatic rings. The summed E-state index contributed by atoms with van der Waals surface area (Å²) in [6.07, 6.45) is 4.41. The quantitative estimate of drug-likeness (QED) is 0.109. The minimum atomic E-state index is -0.258. The first kappa shape index (κ1) is 35.2. The lowest BCUT2D eigenvalue weighted by Gasteiger charge is -2.25. The highest BCUT2D eigenvalue weighted by Crippen LogP contribution is 2.32. The molecule has 2 N–H and O–H groups in total. The molecule has 0 aliphatic heterocycles. The molecular weight excluding hydrogens is 576 g/mol. The Balaban J connectivity index is 1.56. The highest BCUT2D eigenvalue weighted by molar-refractivity contribution is 6.07. The van der Waals surface area contributed by atoms with Crippen LogP contribution in [0.15, 0.2) is 60.8 Å². The molecule has 0 fully saturated rings. The fourth-order valence-electron chi connectivity index (χ4n) is 4.56. The molecule has 11 nitrogen and oxygen atoms in total. The van der Waals surface area contributed by atoms with E-state index in [9.17, 15) is 14.4 Å². The summed E-state index contributed by atoms with van der Waals surface area (Å²) >= 11 is 0. The topological polar surface area (TPSA) is 128 Å². The maximum Gasteiger partial charge on any atom is 0.293 e. The molecule has 45 heavy (non-hydrogen) atoms. The summed E-state index contributed by atoms with van der Waals surface area (Å²) in [4.78, 5) is 41.8. The van der Waals surface area contributed by atoms with Crippen LogP contribution in [0.2, 0.25) is 0 Å². The third-order valence-corrected chi connectivity index (χ3v) is 6.66. The number of rotatable bonds is 23. The third kappa shape index (κ3) is 12.3. The summed E-state index contributed by atoms with van der Waals surface area (Å²) < 4.78 is 20.8. The van der Waals surface area contributed by atoms with E-state index in [1.165, 1.54) is 0 Å². The van der Waals surface area contributed by atoms with E-state index in [2.05, 4.69) is 39.1 Å². The zero-order chi connectivity index (χ0) is 32.1. The van der Waals surface area contributed by atoms with Crippen molar-refractivity contribution in [3.8, 4) is 11.3 Å². The molecule has 0 bridgehead atoms. The Morgan fingerprint density at radius 2 is 1.56 bits per heavy atom. The maximum absolute atomic E-state index is 13.4. The van der Waals surface area contributed by atoms with Gasteiger partial charge in [0.25, 0.3) is 12.4 Å². The second-order valence-electron chi connectivity index (χ2n) is 10.1. The summed E-state index contributed by atoms with van der Waals surface area (Å²) in [5.41, 5.74) is 4.81. The van der Waals surface area contributed by atoms with Crippen molar-refractivity contribution in [3.63, 3.8) is 0 Å². The Hall–Kier alpha value is -4.32. The molecule has 2 aromatic carbocycles. The number of pyridine rings is 1. The molecule has 11 heteroatoms. The number of anilines is 3. The lowest BCUT2D eigenvalue weighted by molar-refractivity contribution is -0.130. The number of aromatic nitrogens is 1. The smallest absolute Gasteiger partial charge is 0.293 e. The monoisotopic (exact) mass is 620 g/mol. The zero-order valence-corrected chi connectivity index (χ0v) is 26.2. The molecule has 0 aliphatic carbocycles. The first-order chi connectivity index (χ1) is 22.1. The van der Waals surface area contributed by atoms with Crippen LogP contribution in [-0.2, 0) is 23.7 Å². The fraction of sp³-hybridized carbons (Fsp3) is 0.412. The van der Waals surface area contributed by atoms with Crippen molar-refractivity contribution < 1.29 is 33.3 Å². The lowest BCUT2D eigenvalue weighted by Crippen LogP contribution is -2.25. The molecular formula is C34H44N4O7. The second-order valence-corrected chi connectivity index (χ2v) is 10.1. The summed E-state index contributed by atoms with van der Waals surface area (Å²) in [6, 6.07) is 16.6. The van der Waals surface area contributed by atoms with E-state index >= 15 is 0 Å². The number of nitrogens with zero attached hydrogens (tertiary/aromatic N) is 2. The van der Waals surface area contributed by atoms with Crippen LogP contribution in [0, 0.1) is 0 Å². The molecule has 0 spiro atoms. The molecule has 3 rings (SSSR count). The summed E-state index contributed by atoms with van der Waals surface area (Å²) in [6.45, 7) is 9.85. The van der Waals surface area contributed by atoms with E-state index in [-0.39, 0.29) is 12.5 Å². The van der Waals surface area contributed by atoms with Gasteiger partial charge in [-0.3, -0.25) is 19.4 Å². The van der Waals surface area contributed by atoms with Crippen LogP contribution in [-0.4, -0.2) is 89.5 Å². The van der Waals surface area contributed by atoms with Gasteiger partial charge < -0.3 is 34.5 Å². The predicted molar refractivity (Wildman–Crippen MR) is 175 cm³/mol. The Morgan fingerprint density at radius 3 is 2.24 bits per heavy atom. The van der Waals surface area contributed by atoms with E-state index in [4.69, 9.17) is 14.2 Å². The minimum Gasteiger partial charge on any atom is -0.465 e. The van der Waals surface area contributed by atoms with E-state index in [1.807, 2.05) is 30.3 Å². The van der Waals surface area contributed by atoms with Gasteiger partial charge in [-0.2, -0.15) is 0 Å². The summed E-state index contributed by atoms with van der Waals surface area (Å²) in [5, 5.41) is 6.34. The molecule has 0 radical (unpaired) electrons. The molecule has 0 unspecified atom stereocenters. The lowest BCUT2D eigenvalue weighted by atomic mass is 10.0. The van der Waals surface area contributed by atoms with Gasteiger partial charge in [-0.25, -0.2) is 0 Å². The van der Waals surface area contributed by atoms with Crippen LogP contribution >= 0.6 is 0 Å². The highest BCUT2D eigenvalue weighted by Gasteiger charge is 2.15. The van der Waals surface area contributed by atoms with Crippen LogP contribution in [0.25, 0.3) is 11.3 Å². The molecule has 1 aromatic heterocycles. The van der Waals surface area contributed by atoms with Gasteiger partial charge in [0.15, 0.2) is 0 Å². The molecule has 1 heterocycles. The van der Waals surface area contributed by atoms with Gasteiger partial charge in [0.2, 0.25) is 0 Å². The number of carbonyl (C=O) groups excluding carboxylic acids is 3. The van der Waals surface area contributed by atoms with E-state index in [0.29, 0.717) is 75.2 Å². The molecule has 0 atom stereocenters. The van der Waals surface area contributed by atoms with Gasteiger partial charge in [0, 0.05) is 53.9 Å². The van der Waals surface area contributed by atoms with Crippen molar-refractivity contribution >= 4 is 35.7 Å². The average Bonchev–Trinajstić information content (AvgIpc) is 3.07. The zero-order valence-electron chi connectivity index (χ0n) is 26.2. The number of hydrogen-bond acceptors (Lipinski definition) is 10. The van der Waals surface area contributed by atoms with E-state index < -0.39 is 0 Å². The summed E-state index contributed by atoms with van der Waals surface area (Å²) in [5.74, 6) is -0.258. The van der Waals surface area contributed by atoms with Gasteiger partial charge in [-0.1, -0.05) is 19.9 Å². The van der Waals surface area contributed by atoms with Crippen LogP contribution in [0.3, 0.4) is 0 Å². The number of aldehydes is 1. The number of hydrogen-bond donors (Lipinski definition) is 2. The first-order valence-electron chi connectivity index (χ1n) is 15.3. The Morgan fingerprint density at radius 1 is 0.844 bits per heavy atom. The first-order valence-corrected chi connectivity index (χ1v) is 15.3. The number of nitrogens with one attached hydrogen (secondary N) is 2. The molecule has 0 saturated heterocycles. The van der Waals surface area contributed by atoms with Gasteiger partial charge in [-0.05, 0) is 61.4 Å². The largest absolute Gasteiger partial charge is 0.465 e. The van der Waals surface area contributed by atoms with Crippen LogP contribution in [0.4, 0.5) is 17.1 Å². The Labute approximate surface area is 265 Å². The van der Waals surface area contributed by atoms with Crippen molar-refractivity contribution in [1.82, 2.24) is 4.98 Å².